The van der Waals surface area contributed by atoms with Gasteiger partial charge in [-0.3, -0.25) is 4.18 Å². The Bertz CT molecular complexity index is 1330. The summed E-state index contributed by atoms with van der Waals surface area (Å²) < 4.78 is 40.4. The van der Waals surface area contributed by atoms with E-state index in [9.17, 15) is 23.1 Å². The van der Waals surface area contributed by atoms with Crippen LogP contribution in [0.15, 0.2) is 58.3 Å². The number of benzene rings is 2. The predicted molar refractivity (Wildman–Crippen MR) is 166 cm³/mol. The Morgan fingerprint density at radius 3 is 1.86 bits per heavy atom. The quantitative estimate of drug-likeness (QED) is 0.382. The van der Waals surface area contributed by atoms with E-state index in [-0.39, 0.29) is 23.3 Å². The lowest BCUT2D eigenvalue weighted by Crippen LogP contribution is -2.36. The zero-order valence-corrected chi connectivity index (χ0v) is 27.7. The van der Waals surface area contributed by atoms with Crippen molar-refractivity contribution in [3.05, 3.63) is 54.1 Å². The summed E-state index contributed by atoms with van der Waals surface area (Å²) in [7, 11) is -3.82. The van der Waals surface area contributed by atoms with Gasteiger partial charge in [0, 0.05) is 29.8 Å². The lowest BCUT2D eigenvalue weighted by molar-refractivity contribution is 0.0272. The molecule has 0 aliphatic carbocycles. The Morgan fingerprint density at radius 1 is 0.814 bits per heavy atom. The molecule has 2 atom stereocenters. The van der Waals surface area contributed by atoms with Crippen molar-refractivity contribution in [2.45, 2.75) is 93.7 Å². The van der Waals surface area contributed by atoms with Crippen LogP contribution in [0.1, 0.15) is 59.9 Å². The maximum atomic E-state index is 12.2. The van der Waals surface area contributed by atoms with E-state index in [1.165, 1.54) is 17.0 Å². The fraction of sp³-hybridized carbons (Fsp3) is 0.548. The maximum absolute atomic E-state index is 12.2. The lowest BCUT2D eigenvalue weighted by Gasteiger charge is -2.24. The number of rotatable bonds is 5. The SMILES string of the molecule is CC(C)(C)OC(=O)N1CCC(Sc2ccc(O)cc2)C1.Cc1ccc(S(=O)(=O)OC2CCN(C(=O)OC(C)(C)C)C2)cc1. The monoisotopic (exact) mass is 636 g/mol. The summed E-state index contributed by atoms with van der Waals surface area (Å²) in [4.78, 5) is 28.4. The zero-order valence-electron chi connectivity index (χ0n) is 26.0. The van der Waals surface area contributed by atoms with Crippen LogP contribution in [0.3, 0.4) is 0 Å². The van der Waals surface area contributed by atoms with Crippen LogP contribution in [-0.4, -0.2) is 84.2 Å². The molecule has 2 amide bonds. The minimum atomic E-state index is -3.82. The van der Waals surface area contributed by atoms with Gasteiger partial charge in [0.15, 0.2) is 0 Å². The van der Waals surface area contributed by atoms with E-state index in [0.29, 0.717) is 24.8 Å². The number of aryl methyl sites for hydroxylation is 1. The number of aromatic hydroxyl groups is 1. The summed E-state index contributed by atoms with van der Waals surface area (Å²) >= 11 is 1.74. The second-order valence-electron chi connectivity index (χ2n) is 12.6. The van der Waals surface area contributed by atoms with Crippen LogP contribution in [0.5, 0.6) is 5.75 Å². The standard InChI is InChI=1S/C16H23NO5S.C15H21NO3S/c1-12-5-7-14(8-6-12)23(19,20)22-13-9-10-17(11-13)15(18)21-16(2,3)4;1-15(2,3)19-14(18)16-9-8-13(10-16)20-12-6-4-11(17)5-7-12/h5-8,13H,9-11H2,1-4H3;4-7,13,17H,8-10H2,1-3H3. The molecule has 238 valence electrons. The number of thioether (sulfide) groups is 1. The number of carbonyl (C=O) groups is 2. The van der Waals surface area contributed by atoms with Crippen LogP contribution in [0, 0.1) is 6.92 Å². The normalized spacial score (nSPS) is 19.0. The summed E-state index contributed by atoms with van der Waals surface area (Å²) in [6, 6.07) is 13.6. The molecular formula is C31H44N2O8S2. The molecule has 4 rings (SSSR count). The number of carbonyl (C=O) groups excluding carboxylic acids is 2. The van der Waals surface area contributed by atoms with Crippen molar-refractivity contribution in [2.24, 2.45) is 0 Å². The molecule has 43 heavy (non-hydrogen) atoms. The van der Waals surface area contributed by atoms with Crippen LogP contribution in [0.4, 0.5) is 9.59 Å². The minimum absolute atomic E-state index is 0.124. The van der Waals surface area contributed by atoms with E-state index < -0.39 is 33.5 Å². The Kier molecular flexibility index (Phi) is 11.4. The fourth-order valence-corrected chi connectivity index (χ4v) is 6.52. The van der Waals surface area contributed by atoms with Crippen LogP contribution >= 0.6 is 11.8 Å². The molecule has 1 N–H and O–H groups in total. The van der Waals surface area contributed by atoms with Gasteiger partial charge in [-0.05, 0) is 97.7 Å². The first kappa shape index (κ1) is 34.5. The topological polar surface area (TPSA) is 123 Å². The number of nitrogens with zero attached hydrogens (tertiary/aromatic N) is 2. The molecule has 12 heteroatoms. The van der Waals surface area contributed by atoms with Gasteiger partial charge in [0.05, 0.1) is 17.5 Å². The van der Waals surface area contributed by atoms with Crippen molar-refractivity contribution in [1.82, 2.24) is 9.80 Å². The van der Waals surface area contributed by atoms with Crippen LogP contribution in [-0.2, 0) is 23.8 Å². The van der Waals surface area contributed by atoms with Crippen molar-refractivity contribution >= 4 is 34.1 Å². The van der Waals surface area contributed by atoms with Crippen molar-refractivity contribution in [2.75, 3.05) is 26.2 Å². The molecule has 0 saturated carbocycles. The molecule has 2 saturated heterocycles. The zero-order chi connectivity index (χ0) is 32.0. The van der Waals surface area contributed by atoms with Gasteiger partial charge in [0.2, 0.25) is 0 Å². The summed E-state index contributed by atoms with van der Waals surface area (Å²) in [5.74, 6) is 0.274. The van der Waals surface area contributed by atoms with Crippen LogP contribution < -0.4 is 0 Å². The highest BCUT2D eigenvalue weighted by molar-refractivity contribution is 8.00. The molecule has 0 bridgehead atoms. The van der Waals surface area contributed by atoms with E-state index in [1.54, 1.807) is 61.7 Å². The summed E-state index contributed by atoms with van der Waals surface area (Å²) in [5.41, 5.74) is -0.0515. The first-order valence-corrected chi connectivity index (χ1v) is 16.6. The van der Waals surface area contributed by atoms with Gasteiger partial charge in [0.25, 0.3) is 10.1 Å². The van der Waals surface area contributed by atoms with E-state index in [0.717, 1.165) is 23.4 Å². The molecule has 2 unspecified atom stereocenters. The average molecular weight is 637 g/mol. The Morgan fingerprint density at radius 2 is 1.33 bits per heavy atom. The number of phenols is 1. The third kappa shape index (κ3) is 11.6. The molecule has 2 aromatic carbocycles. The summed E-state index contributed by atoms with van der Waals surface area (Å²) in [6.07, 6.45) is 0.200. The van der Waals surface area contributed by atoms with Crippen molar-refractivity contribution < 1.29 is 36.8 Å². The number of hydrogen-bond donors (Lipinski definition) is 1. The second kappa shape index (κ2) is 14.2. The summed E-state index contributed by atoms with van der Waals surface area (Å²) in [5, 5.41) is 9.64. The van der Waals surface area contributed by atoms with E-state index in [1.807, 2.05) is 39.8 Å². The highest BCUT2D eigenvalue weighted by atomic mass is 32.2. The molecule has 10 nitrogen and oxygen atoms in total. The number of amides is 2. The van der Waals surface area contributed by atoms with Gasteiger partial charge < -0.3 is 24.4 Å². The fourth-order valence-electron chi connectivity index (χ4n) is 4.27. The summed E-state index contributed by atoms with van der Waals surface area (Å²) in [6.45, 7) is 15.0. The molecule has 2 fully saturated rings. The molecule has 0 spiro atoms. The second-order valence-corrected chi connectivity index (χ2v) is 15.6. The highest BCUT2D eigenvalue weighted by Gasteiger charge is 2.33. The van der Waals surface area contributed by atoms with E-state index in [2.05, 4.69) is 0 Å². The lowest BCUT2D eigenvalue weighted by atomic mass is 10.2. The molecular weight excluding hydrogens is 592 g/mol. The van der Waals surface area contributed by atoms with Gasteiger partial charge in [0.1, 0.15) is 17.0 Å². The predicted octanol–water partition coefficient (Wildman–Crippen LogP) is 6.20. The number of likely N-dealkylation sites (tertiary alicyclic amines) is 2. The van der Waals surface area contributed by atoms with Gasteiger partial charge in [-0.1, -0.05) is 17.7 Å². The minimum Gasteiger partial charge on any atom is -0.508 e. The molecule has 2 aliphatic heterocycles. The first-order chi connectivity index (χ1) is 19.9. The van der Waals surface area contributed by atoms with Gasteiger partial charge in [-0.15, -0.1) is 11.8 Å². The van der Waals surface area contributed by atoms with Gasteiger partial charge >= 0.3 is 12.2 Å². The van der Waals surface area contributed by atoms with Gasteiger partial charge in [-0.25, -0.2) is 9.59 Å². The molecule has 0 radical (unpaired) electrons. The third-order valence-electron chi connectivity index (χ3n) is 6.31. The van der Waals surface area contributed by atoms with Gasteiger partial charge in [-0.2, -0.15) is 8.42 Å². The number of phenolic OH excluding ortho intramolecular Hbond substituents is 1. The van der Waals surface area contributed by atoms with E-state index in [4.69, 9.17) is 13.7 Å². The number of ether oxygens (including phenoxy) is 2. The third-order valence-corrected chi connectivity index (χ3v) is 8.94. The van der Waals surface area contributed by atoms with Crippen molar-refractivity contribution in [1.29, 1.82) is 0 Å². The smallest absolute Gasteiger partial charge is 0.410 e. The maximum Gasteiger partial charge on any atom is 0.410 e. The van der Waals surface area contributed by atoms with Crippen molar-refractivity contribution in [3.8, 4) is 5.75 Å². The van der Waals surface area contributed by atoms with E-state index >= 15 is 0 Å². The number of hydrogen-bond acceptors (Lipinski definition) is 9. The average Bonchev–Trinajstić information content (AvgIpc) is 3.54. The largest absolute Gasteiger partial charge is 0.508 e. The van der Waals surface area contributed by atoms with Crippen molar-refractivity contribution in [3.63, 3.8) is 0 Å². The molecule has 0 aromatic heterocycles. The molecule has 2 aromatic rings. The molecule has 2 aliphatic rings. The highest BCUT2D eigenvalue weighted by Crippen LogP contribution is 2.31. The van der Waals surface area contributed by atoms with Crippen LogP contribution in [0.2, 0.25) is 0 Å². The Labute approximate surface area is 259 Å². The Hall–Kier alpha value is -2.96. The van der Waals surface area contributed by atoms with Crippen LogP contribution in [0.25, 0.3) is 0 Å². The first-order valence-electron chi connectivity index (χ1n) is 14.3. The molecule has 2 heterocycles. The Balaban J connectivity index is 0.000000238.